The minimum atomic E-state index is -0.242. The van der Waals surface area contributed by atoms with Gasteiger partial charge >= 0.3 is 0 Å². The monoisotopic (exact) mass is 364 g/mol. The zero-order valence-corrected chi connectivity index (χ0v) is 16.0. The van der Waals surface area contributed by atoms with Crippen LogP contribution in [0.5, 0.6) is 5.75 Å². The molecular weight excluding hydrogens is 336 g/mol. The van der Waals surface area contributed by atoms with E-state index in [4.69, 9.17) is 4.74 Å². The van der Waals surface area contributed by atoms with E-state index in [1.165, 1.54) is 19.3 Å². The SMILES string of the molecule is C=CCN1C(=O)c2ccccc2NC1c1cccc(OCCCCCC)c1. The fraction of sp³-hybridized carbons (Fsp3) is 0.348. The third-order valence-corrected chi connectivity index (χ3v) is 4.79. The number of hydrogen-bond donors (Lipinski definition) is 1. The van der Waals surface area contributed by atoms with Gasteiger partial charge in [-0.3, -0.25) is 4.79 Å². The average Bonchev–Trinajstić information content (AvgIpc) is 2.70. The number of anilines is 1. The maximum absolute atomic E-state index is 13.0. The van der Waals surface area contributed by atoms with Gasteiger partial charge in [-0.25, -0.2) is 0 Å². The minimum absolute atomic E-state index is 0.0140. The van der Waals surface area contributed by atoms with Crippen molar-refractivity contribution in [3.05, 3.63) is 72.3 Å². The van der Waals surface area contributed by atoms with Crippen LogP contribution in [0.2, 0.25) is 0 Å². The first-order valence-corrected chi connectivity index (χ1v) is 9.74. The van der Waals surface area contributed by atoms with E-state index in [0.29, 0.717) is 12.1 Å². The van der Waals surface area contributed by atoms with Gasteiger partial charge in [-0.2, -0.15) is 0 Å². The second kappa shape index (κ2) is 9.26. The lowest BCUT2D eigenvalue weighted by Gasteiger charge is -2.37. The standard InChI is InChI=1S/C23H28N2O2/c1-3-5-6-9-16-27-19-12-10-11-18(17-19)22-24-21-14-8-7-13-20(21)23(26)25(22)15-4-2/h4,7-8,10-14,17,22,24H,2-3,5-6,9,15-16H2,1H3. The molecule has 0 spiro atoms. The number of unbranched alkanes of at least 4 members (excludes halogenated alkanes) is 3. The molecule has 1 N–H and O–H groups in total. The minimum Gasteiger partial charge on any atom is -0.494 e. The Balaban J connectivity index is 1.78. The molecule has 1 aliphatic heterocycles. The largest absolute Gasteiger partial charge is 0.494 e. The molecule has 1 aliphatic rings. The summed E-state index contributed by atoms with van der Waals surface area (Å²) in [6, 6.07) is 15.6. The van der Waals surface area contributed by atoms with Crippen molar-refractivity contribution in [2.75, 3.05) is 18.5 Å². The molecule has 4 heteroatoms. The summed E-state index contributed by atoms with van der Waals surface area (Å²) in [5.41, 5.74) is 2.56. The second-order valence-electron chi connectivity index (χ2n) is 6.82. The van der Waals surface area contributed by atoms with Crippen molar-refractivity contribution in [2.24, 2.45) is 0 Å². The van der Waals surface area contributed by atoms with Crippen molar-refractivity contribution >= 4 is 11.6 Å². The summed E-state index contributed by atoms with van der Waals surface area (Å²) in [5.74, 6) is 0.857. The smallest absolute Gasteiger partial charge is 0.258 e. The Hall–Kier alpha value is -2.75. The van der Waals surface area contributed by atoms with Crippen LogP contribution in [0.15, 0.2) is 61.2 Å². The molecule has 1 unspecified atom stereocenters. The Bertz CT molecular complexity index is 787. The van der Waals surface area contributed by atoms with Gasteiger partial charge in [0.2, 0.25) is 0 Å². The van der Waals surface area contributed by atoms with Crippen molar-refractivity contribution in [3.8, 4) is 5.75 Å². The van der Waals surface area contributed by atoms with Crippen molar-refractivity contribution in [3.63, 3.8) is 0 Å². The van der Waals surface area contributed by atoms with Gasteiger partial charge in [-0.1, -0.05) is 56.5 Å². The predicted molar refractivity (Wildman–Crippen MR) is 110 cm³/mol. The molecule has 0 saturated heterocycles. The van der Waals surface area contributed by atoms with E-state index in [2.05, 4.69) is 18.8 Å². The van der Waals surface area contributed by atoms with Crippen molar-refractivity contribution in [1.29, 1.82) is 0 Å². The van der Waals surface area contributed by atoms with Crippen LogP contribution < -0.4 is 10.1 Å². The molecule has 3 rings (SSSR count). The van der Waals surface area contributed by atoms with Crippen LogP contribution in [0.1, 0.15) is 54.7 Å². The topological polar surface area (TPSA) is 41.6 Å². The van der Waals surface area contributed by atoms with E-state index in [1.807, 2.05) is 48.5 Å². The summed E-state index contributed by atoms with van der Waals surface area (Å²) >= 11 is 0. The maximum atomic E-state index is 13.0. The lowest BCUT2D eigenvalue weighted by Crippen LogP contribution is -2.42. The quantitative estimate of drug-likeness (QED) is 0.478. The lowest BCUT2D eigenvalue weighted by molar-refractivity contribution is 0.0707. The fourth-order valence-electron chi connectivity index (χ4n) is 3.38. The number of rotatable bonds is 9. The molecule has 2 aromatic carbocycles. The van der Waals surface area contributed by atoms with Crippen LogP contribution in [0.4, 0.5) is 5.69 Å². The Labute approximate surface area is 161 Å². The van der Waals surface area contributed by atoms with Crippen LogP contribution in [-0.4, -0.2) is 24.0 Å². The normalized spacial score (nSPS) is 15.8. The maximum Gasteiger partial charge on any atom is 0.258 e. The third-order valence-electron chi connectivity index (χ3n) is 4.79. The molecule has 142 valence electrons. The first-order valence-electron chi connectivity index (χ1n) is 9.74. The van der Waals surface area contributed by atoms with E-state index < -0.39 is 0 Å². The van der Waals surface area contributed by atoms with Crippen molar-refractivity contribution in [1.82, 2.24) is 4.90 Å². The van der Waals surface area contributed by atoms with E-state index >= 15 is 0 Å². The second-order valence-corrected chi connectivity index (χ2v) is 6.82. The molecule has 0 fully saturated rings. The van der Waals surface area contributed by atoms with Gasteiger partial charge < -0.3 is 15.0 Å². The number of carbonyl (C=O) groups excluding carboxylic acids is 1. The highest BCUT2D eigenvalue weighted by Gasteiger charge is 2.32. The molecule has 1 atom stereocenters. The zero-order chi connectivity index (χ0) is 19.1. The summed E-state index contributed by atoms with van der Waals surface area (Å²) in [5, 5.41) is 3.49. The summed E-state index contributed by atoms with van der Waals surface area (Å²) in [6.45, 7) is 7.21. The number of nitrogens with zero attached hydrogens (tertiary/aromatic N) is 1. The lowest BCUT2D eigenvalue weighted by atomic mass is 10.0. The summed E-state index contributed by atoms with van der Waals surface area (Å²) in [7, 11) is 0. The van der Waals surface area contributed by atoms with Gasteiger partial charge in [-0.15, -0.1) is 6.58 Å². The van der Waals surface area contributed by atoms with Crippen LogP contribution in [0.3, 0.4) is 0 Å². The first kappa shape index (κ1) is 19.0. The van der Waals surface area contributed by atoms with E-state index in [9.17, 15) is 4.79 Å². The van der Waals surface area contributed by atoms with Crippen molar-refractivity contribution in [2.45, 2.75) is 38.8 Å². The van der Waals surface area contributed by atoms with E-state index in [1.54, 1.807) is 11.0 Å². The van der Waals surface area contributed by atoms with Crippen LogP contribution >= 0.6 is 0 Å². The molecule has 0 bridgehead atoms. The number of para-hydroxylation sites is 1. The third kappa shape index (κ3) is 4.51. The number of ether oxygens (including phenoxy) is 1. The van der Waals surface area contributed by atoms with E-state index in [-0.39, 0.29) is 12.1 Å². The van der Waals surface area contributed by atoms with Crippen LogP contribution in [0, 0.1) is 0 Å². The Morgan fingerprint density at radius 2 is 2.00 bits per heavy atom. The number of benzene rings is 2. The van der Waals surface area contributed by atoms with Gasteiger partial charge in [-0.05, 0) is 36.2 Å². The first-order chi connectivity index (χ1) is 13.2. The van der Waals surface area contributed by atoms with E-state index in [0.717, 1.165) is 30.0 Å². The molecule has 4 nitrogen and oxygen atoms in total. The molecule has 27 heavy (non-hydrogen) atoms. The van der Waals surface area contributed by atoms with Gasteiger partial charge in [0.25, 0.3) is 5.91 Å². The number of carbonyl (C=O) groups is 1. The molecule has 0 aromatic heterocycles. The zero-order valence-electron chi connectivity index (χ0n) is 16.0. The molecule has 0 saturated carbocycles. The Morgan fingerprint density at radius 3 is 2.81 bits per heavy atom. The Kier molecular flexibility index (Phi) is 6.53. The number of amides is 1. The molecule has 1 heterocycles. The van der Waals surface area contributed by atoms with Crippen LogP contribution in [-0.2, 0) is 0 Å². The Morgan fingerprint density at radius 1 is 1.15 bits per heavy atom. The molecular formula is C23H28N2O2. The van der Waals surface area contributed by atoms with Gasteiger partial charge in [0.05, 0.1) is 12.2 Å². The highest BCUT2D eigenvalue weighted by atomic mass is 16.5. The predicted octanol–water partition coefficient (Wildman–Crippen LogP) is 5.40. The number of fused-ring (bicyclic) bond motifs is 1. The molecule has 2 aromatic rings. The summed E-state index contributed by atoms with van der Waals surface area (Å²) < 4.78 is 5.92. The van der Waals surface area contributed by atoms with Crippen molar-refractivity contribution < 1.29 is 9.53 Å². The van der Waals surface area contributed by atoms with Gasteiger partial charge in [0, 0.05) is 12.2 Å². The molecule has 1 amide bonds. The summed E-state index contributed by atoms with van der Waals surface area (Å²) in [6.07, 6.45) is 6.24. The van der Waals surface area contributed by atoms with Gasteiger partial charge in [0.1, 0.15) is 11.9 Å². The highest BCUT2D eigenvalue weighted by molar-refractivity contribution is 6.01. The van der Waals surface area contributed by atoms with Crippen LogP contribution in [0.25, 0.3) is 0 Å². The highest BCUT2D eigenvalue weighted by Crippen LogP contribution is 2.34. The fourth-order valence-corrected chi connectivity index (χ4v) is 3.38. The summed E-state index contributed by atoms with van der Waals surface area (Å²) in [4.78, 5) is 14.8. The molecule has 0 aliphatic carbocycles. The van der Waals surface area contributed by atoms with Gasteiger partial charge in [0.15, 0.2) is 0 Å². The number of nitrogens with one attached hydrogen (secondary N) is 1. The number of hydrogen-bond acceptors (Lipinski definition) is 3. The average molecular weight is 364 g/mol. The molecule has 0 radical (unpaired) electrons.